The van der Waals surface area contributed by atoms with Crippen LogP contribution in [0.1, 0.15) is 54.1 Å². The number of ether oxygens (including phenoxy) is 2. The Labute approximate surface area is 161 Å². The molecular weight excluding hydrogens is 338 g/mol. The van der Waals surface area contributed by atoms with Crippen LogP contribution in [0.5, 0.6) is 11.5 Å². The van der Waals surface area contributed by atoms with E-state index in [-0.39, 0.29) is 11.3 Å². The number of carbonyl (C=O) groups excluding carboxylic acids is 1. The normalized spacial score (nSPS) is 17.7. The van der Waals surface area contributed by atoms with E-state index >= 15 is 0 Å². The first-order valence-electron chi connectivity index (χ1n) is 9.53. The molecule has 0 saturated heterocycles. The molecule has 0 saturated carbocycles. The first-order chi connectivity index (χ1) is 12.9. The van der Waals surface area contributed by atoms with Crippen molar-refractivity contribution in [2.45, 2.75) is 39.0 Å². The van der Waals surface area contributed by atoms with E-state index in [4.69, 9.17) is 9.47 Å². The fourth-order valence-electron chi connectivity index (χ4n) is 4.02. The van der Waals surface area contributed by atoms with Gasteiger partial charge in [-0.05, 0) is 78.1 Å². The lowest BCUT2D eigenvalue weighted by atomic mass is 9.65. The highest BCUT2D eigenvalue weighted by molar-refractivity contribution is 5.94. The molecule has 0 aromatic heterocycles. The average Bonchev–Trinajstić information content (AvgIpc) is 2.69. The van der Waals surface area contributed by atoms with Crippen molar-refractivity contribution in [3.63, 3.8) is 0 Å². The Balaban J connectivity index is 1.68. The number of fused-ring (bicyclic) bond motifs is 1. The molecule has 1 aliphatic rings. The molecule has 0 bridgehead atoms. The minimum Gasteiger partial charge on any atom is -0.497 e. The number of rotatable bonds is 6. The molecule has 1 atom stereocenters. The summed E-state index contributed by atoms with van der Waals surface area (Å²) in [4.78, 5) is 12.4. The molecular formula is C23H29NO3. The van der Waals surface area contributed by atoms with Crippen LogP contribution in [0.4, 0.5) is 0 Å². The monoisotopic (exact) mass is 367 g/mol. The summed E-state index contributed by atoms with van der Waals surface area (Å²) in [6.45, 7) is 5.30. The van der Waals surface area contributed by atoms with Crippen LogP contribution in [0.15, 0.2) is 42.5 Å². The van der Waals surface area contributed by atoms with Crippen LogP contribution in [-0.2, 0) is 6.42 Å². The van der Waals surface area contributed by atoms with Crippen molar-refractivity contribution in [3.05, 3.63) is 59.2 Å². The SMILES string of the molecule is COc1ccc(C(=O)NCCC2c3cc(OC)ccc3CCC2(C)C)cc1. The Morgan fingerprint density at radius 1 is 1.07 bits per heavy atom. The summed E-state index contributed by atoms with van der Waals surface area (Å²) in [7, 11) is 3.33. The maximum atomic E-state index is 12.4. The van der Waals surface area contributed by atoms with E-state index in [9.17, 15) is 4.79 Å². The number of nitrogens with one attached hydrogen (secondary N) is 1. The van der Waals surface area contributed by atoms with Crippen LogP contribution in [0.25, 0.3) is 0 Å². The van der Waals surface area contributed by atoms with Crippen LogP contribution in [-0.4, -0.2) is 26.7 Å². The number of hydrogen-bond donors (Lipinski definition) is 1. The molecule has 0 heterocycles. The lowest BCUT2D eigenvalue weighted by Crippen LogP contribution is -2.32. The minimum atomic E-state index is -0.0443. The molecule has 2 aromatic carbocycles. The topological polar surface area (TPSA) is 47.6 Å². The molecule has 3 rings (SSSR count). The van der Waals surface area contributed by atoms with Crippen LogP contribution in [0.3, 0.4) is 0 Å². The van der Waals surface area contributed by atoms with Gasteiger partial charge < -0.3 is 14.8 Å². The van der Waals surface area contributed by atoms with Gasteiger partial charge >= 0.3 is 0 Å². The molecule has 1 amide bonds. The molecule has 27 heavy (non-hydrogen) atoms. The first kappa shape index (κ1) is 19.3. The zero-order valence-electron chi connectivity index (χ0n) is 16.7. The Bertz CT molecular complexity index is 796. The molecule has 0 aliphatic heterocycles. The van der Waals surface area contributed by atoms with Gasteiger partial charge in [0.15, 0.2) is 0 Å². The summed E-state index contributed by atoms with van der Waals surface area (Å²) >= 11 is 0. The largest absolute Gasteiger partial charge is 0.497 e. The van der Waals surface area contributed by atoms with Gasteiger partial charge in [-0.15, -0.1) is 0 Å². The molecule has 0 fully saturated rings. The maximum Gasteiger partial charge on any atom is 0.251 e. The number of methoxy groups -OCH3 is 2. The predicted octanol–water partition coefficient (Wildman–Crippen LogP) is 4.58. The summed E-state index contributed by atoms with van der Waals surface area (Å²) in [5.74, 6) is 2.00. The van der Waals surface area contributed by atoms with Crippen LogP contribution in [0.2, 0.25) is 0 Å². The van der Waals surface area contributed by atoms with Gasteiger partial charge in [0.25, 0.3) is 5.91 Å². The maximum absolute atomic E-state index is 12.4. The number of hydrogen-bond acceptors (Lipinski definition) is 3. The molecule has 1 N–H and O–H groups in total. The van der Waals surface area contributed by atoms with Gasteiger partial charge in [-0.3, -0.25) is 4.79 Å². The van der Waals surface area contributed by atoms with Crippen molar-refractivity contribution < 1.29 is 14.3 Å². The number of amides is 1. The van der Waals surface area contributed by atoms with Crippen molar-refractivity contribution in [1.82, 2.24) is 5.32 Å². The Kier molecular flexibility index (Phi) is 5.73. The fourth-order valence-corrected chi connectivity index (χ4v) is 4.02. The van der Waals surface area contributed by atoms with Gasteiger partial charge in [-0.2, -0.15) is 0 Å². The van der Waals surface area contributed by atoms with Crippen molar-refractivity contribution in [2.24, 2.45) is 5.41 Å². The Hall–Kier alpha value is -2.49. The number of benzene rings is 2. The van der Waals surface area contributed by atoms with Crippen molar-refractivity contribution in [3.8, 4) is 11.5 Å². The van der Waals surface area contributed by atoms with E-state index in [2.05, 4.69) is 31.3 Å². The summed E-state index contributed by atoms with van der Waals surface area (Å²) in [6, 6.07) is 13.6. The Morgan fingerprint density at radius 3 is 2.41 bits per heavy atom. The molecule has 1 aliphatic carbocycles. The highest BCUT2D eigenvalue weighted by Crippen LogP contribution is 2.47. The number of carbonyl (C=O) groups is 1. The zero-order chi connectivity index (χ0) is 19.4. The predicted molar refractivity (Wildman–Crippen MR) is 108 cm³/mol. The van der Waals surface area contributed by atoms with Gasteiger partial charge in [0.2, 0.25) is 0 Å². The second-order valence-corrected chi connectivity index (χ2v) is 7.88. The third kappa shape index (κ3) is 4.26. The van der Waals surface area contributed by atoms with Gasteiger partial charge in [0, 0.05) is 12.1 Å². The molecule has 4 nitrogen and oxygen atoms in total. The molecule has 4 heteroatoms. The smallest absolute Gasteiger partial charge is 0.251 e. The second-order valence-electron chi connectivity index (χ2n) is 7.88. The van der Waals surface area contributed by atoms with Gasteiger partial charge in [0.1, 0.15) is 11.5 Å². The summed E-state index contributed by atoms with van der Waals surface area (Å²) in [5.41, 5.74) is 3.62. The van der Waals surface area contributed by atoms with E-state index in [1.165, 1.54) is 11.1 Å². The Morgan fingerprint density at radius 2 is 1.74 bits per heavy atom. The van der Waals surface area contributed by atoms with Crippen molar-refractivity contribution >= 4 is 5.91 Å². The minimum absolute atomic E-state index is 0.0443. The molecule has 0 spiro atoms. The third-order valence-corrected chi connectivity index (χ3v) is 5.78. The first-order valence-corrected chi connectivity index (χ1v) is 9.53. The molecule has 0 radical (unpaired) electrons. The highest BCUT2D eigenvalue weighted by Gasteiger charge is 2.35. The summed E-state index contributed by atoms with van der Waals surface area (Å²) in [5, 5.41) is 3.07. The van der Waals surface area contributed by atoms with E-state index in [0.29, 0.717) is 18.0 Å². The van der Waals surface area contributed by atoms with Crippen LogP contribution >= 0.6 is 0 Å². The quantitative estimate of drug-likeness (QED) is 0.813. The standard InChI is InChI=1S/C23H29NO3/c1-23(2)13-11-16-5-10-19(27-4)15-20(16)21(23)12-14-24-22(25)17-6-8-18(26-3)9-7-17/h5-10,15,21H,11-14H2,1-4H3,(H,24,25). The van der Waals surface area contributed by atoms with Gasteiger partial charge in [-0.1, -0.05) is 19.9 Å². The van der Waals surface area contributed by atoms with E-state index in [1.54, 1.807) is 26.4 Å². The number of aryl methyl sites for hydroxylation is 1. The van der Waals surface area contributed by atoms with Gasteiger partial charge in [0.05, 0.1) is 14.2 Å². The molecule has 2 aromatic rings. The summed E-state index contributed by atoms with van der Waals surface area (Å²) < 4.78 is 10.6. The zero-order valence-corrected chi connectivity index (χ0v) is 16.7. The van der Waals surface area contributed by atoms with Crippen molar-refractivity contribution in [1.29, 1.82) is 0 Å². The molecule has 1 unspecified atom stereocenters. The summed E-state index contributed by atoms with van der Waals surface area (Å²) in [6.07, 6.45) is 3.17. The average molecular weight is 367 g/mol. The molecule has 144 valence electrons. The van der Waals surface area contributed by atoms with Crippen molar-refractivity contribution in [2.75, 3.05) is 20.8 Å². The fraction of sp³-hybridized carbons (Fsp3) is 0.435. The lowest BCUT2D eigenvalue weighted by Gasteiger charge is -2.40. The lowest BCUT2D eigenvalue weighted by molar-refractivity contribution is 0.0948. The van der Waals surface area contributed by atoms with Gasteiger partial charge in [-0.25, -0.2) is 0 Å². The van der Waals surface area contributed by atoms with Crippen LogP contribution < -0.4 is 14.8 Å². The van der Waals surface area contributed by atoms with E-state index < -0.39 is 0 Å². The highest BCUT2D eigenvalue weighted by atomic mass is 16.5. The van der Waals surface area contributed by atoms with Crippen LogP contribution in [0, 0.1) is 5.41 Å². The van der Waals surface area contributed by atoms with E-state index in [0.717, 1.165) is 30.8 Å². The van der Waals surface area contributed by atoms with E-state index in [1.807, 2.05) is 18.2 Å². The second kappa shape index (κ2) is 8.03. The third-order valence-electron chi connectivity index (χ3n) is 5.78.